The van der Waals surface area contributed by atoms with Crippen LogP contribution in [0.2, 0.25) is 0 Å². The van der Waals surface area contributed by atoms with Gasteiger partial charge in [0.2, 0.25) is 0 Å². The first-order chi connectivity index (χ1) is 5.25. The second-order valence-electron chi connectivity index (χ2n) is 2.76. The van der Waals surface area contributed by atoms with Crippen LogP contribution >= 0.6 is 22.6 Å². The quantitative estimate of drug-likeness (QED) is 0.664. The first kappa shape index (κ1) is 8.97. The summed E-state index contributed by atoms with van der Waals surface area (Å²) in [6, 6.07) is 0. The second kappa shape index (κ2) is 4.04. The van der Waals surface area contributed by atoms with Crippen molar-refractivity contribution >= 4 is 28.4 Å². The molecule has 0 aromatic heterocycles. The molecule has 1 rings (SSSR count). The van der Waals surface area contributed by atoms with E-state index in [4.69, 9.17) is 0 Å². The molecular formula is C9H11IO. The molecule has 0 heterocycles. The van der Waals surface area contributed by atoms with Crippen LogP contribution in [0.15, 0.2) is 21.3 Å². The first-order valence-electron chi connectivity index (χ1n) is 3.75. The predicted octanol–water partition coefficient (Wildman–Crippen LogP) is 3.00. The summed E-state index contributed by atoms with van der Waals surface area (Å²) in [6.07, 6.45) is 4.76. The zero-order valence-corrected chi connectivity index (χ0v) is 8.72. The molecule has 0 fully saturated rings. The summed E-state index contributed by atoms with van der Waals surface area (Å²) in [5.74, 6) is 0.307. The zero-order chi connectivity index (χ0) is 8.27. The Morgan fingerprint density at radius 3 is 2.73 bits per heavy atom. The van der Waals surface area contributed by atoms with Gasteiger partial charge in [0.1, 0.15) is 0 Å². The summed E-state index contributed by atoms with van der Waals surface area (Å²) in [4.78, 5) is 11.3. The molecule has 2 heteroatoms. The standard InChI is InChI=1S/C9H11IO/c1-7-3-2-4-9(11)8(7)5-6-10/h5-6H,2-4H2,1H3/b6-5+. The van der Waals surface area contributed by atoms with E-state index in [2.05, 4.69) is 22.6 Å². The average Bonchev–Trinajstić information content (AvgIpc) is 1.97. The highest BCUT2D eigenvalue weighted by Gasteiger charge is 2.14. The second-order valence-corrected chi connectivity index (χ2v) is 3.48. The van der Waals surface area contributed by atoms with Crippen molar-refractivity contribution in [2.75, 3.05) is 0 Å². The molecule has 1 aliphatic rings. The third-order valence-corrected chi connectivity index (χ3v) is 2.31. The van der Waals surface area contributed by atoms with Crippen LogP contribution in [-0.4, -0.2) is 5.78 Å². The fourth-order valence-corrected chi connectivity index (χ4v) is 1.68. The summed E-state index contributed by atoms with van der Waals surface area (Å²) < 4.78 is 1.90. The number of ketones is 1. The van der Waals surface area contributed by atoms with E-state index in [0.717, 1.165) is 24.8 Å². The van der Waals surface area contributed by atoms with Crippen molar-refractivity contribution in [1.29, 1.82) is 0 Å². The van der Waals surface area contributed by atoms with Gasteiger partial charge >= 0.3 is 0 Å². The topological polar surface area (TPSA) is 17.1 Å². The number of hydrogen-bond donors (Lipinski definition) is 0. The highest BCUT2D eigenvalue weighted by molar-refractivity contribution is 14.1. The maximum atomic E-state index is 11.3. The Kier molecular flexibility index (Phi) is 3.30. The summed E-state index contributed by atoms with van der Waals surface area (Å²) in [6.45, 7) is 2.04. The van der Waals surface area contributed by atoms with Gasteiger partial charge in [-0.3, -0.25) is 4.79 Å². The van der Waals surface area contributed by atoms with Gasteiger partial charge in [-0.15, -0.1) is 0 Å². The SMILES string of the molecule is CC1=C(/C=C/I)C(=O)CCC1. The molecule has 0 N–H and O–H groups in total. The van der Waals surface area contributed by atoms with Crippen molar-refractivity contribution in [3.63, 3.8) is 0 Å². The highest BCUT2D eigenvalue weighted by atomic mass is 127. The maximum absolute atomic E-state index is 11.3. The van der Waals surface area contributed by atoms with Crippen LogP contribution in [0.25, 0.3) is 0 Å². The van der Waals surface area contributed by atoms with Gasteiger partial charge in [0.25, 0.3) is 0 Å². The first-order valence-corrected chi connectivity index (χ1v) is 5.00. The molecule has 1 nitrogen and oxygen atoms in total. The summed E-state index contributed by atoms with van der Waals surface area (Å²) >= 11 is 2.14. The minimum atomic E-state index is 0.307. The van der Waals surface area contributed by atoms with Crippen LogP contribution in [0.3, 0.4) is 0 Å². The molecule has 11 heavy (non-hydrogen) atoms. The molecule has 0 spiro atoms. The predicted molar refractivity (Wildman–Crippen MR) is 54.7 cm³/mol. The number of Topliss-reactive ketones (excluding diaryl/α,β-unsaturated/α-hetero) is 1. The van der Waals surface area contributed by atoms with Crippen LogP contribution in [0.4, 0.5) is 0 Å². The summed E-state index contributed by atoms with van der Waals surface area (Å²) in [5.41, 5.74) is 2.18. The van der Waals surface area contributed by atoms with E-state index < -0.39 is 0 Å². The number of rotatable bonds is 1. The van der Waals surface area contributed by atoms with E-state index in [1.807, 2.05) is 17.1 Å². The highest BCUT2D eigenvalue weighted by Crippen LogP contribution is 2.22. The Hall–Kier alpha value is -0.120. The van der Waals surface area contributed by atoms with Gasteiger partial charge in [0.15, 0.2) is 5.78 Å². The van der Waals surface area contributed by atoms with Gasteiger partial charge in [-0.25, -0.2) is 0 Å². The molecule has 0 atom stereocenters. The molecular weight excluding hydrogens is 251 g/mol. The third kappa shape index (κ3) is 2.15. The number of carbonyl (C=O) groups is 1. The van der Waals surface area contributed by atoms with Crippen molar-refractivity contribution in [3.8, 4) is 0 Å². The van der Waals surface area contributed by atoms with Gasteiger partial charge < -0.3 is 0 Å². The van der Waals surface area contributed by atoms with Crippen LogP contribution in [0.1, 0.15) is 26.2 Å². The van der Waals surface area contributed by atoms with Crippen molar-refractivity contribution in [3.05, 3.63) is 21.3 Å². The number of allylic oxidation sites excluding steroid dienone is 3. The van der Waals surface area contributed by atoms with Crippen molar-refractivity contribution in [2.24, 2.45) is 0 Å². The molecule has 0 saturated carbocycles. The largest absolute Gasteiger partial charge is 0.294 e. The van der Waals surface area contributed by atoms with Crippen LogP contribution < -0.4 is 0 Å². The van der Waals surface area contributed by atoms with Gasteiger partial charge in [-0.1, -0.05) is 28.2 Å². The molecule has 0 amide bonds. The smallest absolute Gasteiger partial charge is 0.162 e. The Balaban J connectivity index is 2.91. The molecule has 0 aromatic rings. The molecule has 1 aliphatic carbocycles. The molecule has 0 unspecified atom stereocenters. The monoisotopic (exact) mass is 262 g/mol. The van der Waals surface area contributed by atoms with E-state index in [1.54, 1.807) is 0 Å². The van der Waals surface area contributed by atoms with Crippen LogP contribution in [-0.2, 0) is 4.79 Å². The summed E-state index contributed by atoms with van der Waals surface area (Å²) in [5, 5.41) is 0. The fraction of sp³-hybridized carbons (Fsp3) is 0.444. The van der Waals surface area contributed by atoms with Crippen molar-refractivity contribution in [2.45, 2.75) is 26.2 Å². The fourth-order valence-electron chi connectivity index (χ4n) is 1.32. The molecule has 0 saturated heterocycles. The van der Waals surface area contributed by atoms with E-state index in [1.165, 1.54) is 5.57 Å². The van der Waals surface area contributed by atoms with Crippen molar-refractivity contribution in [1.82, 2.24) is 0 Å². The molecule has 0 aromatic carbocycles. The molecule has 0 aliphatic heterocycles. The molecule has 60 valence electrons. The minimum absolute atomic E-state index is 0.307. The van der Waals surface area contributed by atoms with Gasteiger partial charge in [0, 0.05) is 12.0 Å². The Labute approximate surface area is 80.7 Å². The lowest BCUT2D eigenvalue weighted by Gasteiger charge is -2.12. The van der Waals surface area contributed by atoms with Crippen molar-refractivity contribution < 1.29 is 4.79 Å². The average molecular weight is 262 g/mol. The Bertz CT molecular complexity index is 226. The van der Waals surface area contributed by atoms with Crippen LogP contribution in [0, 0.1) is 0 Å². The van der Waals surface area contributed by atoms with Crippen LogP contribution in [0.5, 0.6) is 0 Å². The lowest BCUT2D eigenvalue weighted by molar-refractivity contribution is -0.115. The van der Waals surface area contributed by atoms with E-state index in [9.17, 15) is 4.79 Å². The lowest BCUT2D eigenvalue weighted by Crippen LogP contribution is -2.08. The Morgan fingerprint density at radius 1 is 1.45 bits per heavy atom. The number of hydrogen-bond acceptors (Lipinski definition) is 1. The third-order valence-electron chi connectivity index (χ3n) is 1.95. The van der Waals surface area contributed by atoms with E-state index in [-0.39, 0.29) is 0 Å². The molecule has 0 radical (unpaired) electrons. The molecule has 0 bridgehead atoms. The summed E-state index contributed by atoms with van der Waals surface area (Å²) in [7, 11) is 0. The van der Waals surface area contributed by atoms with Gasteiger partial charge in [-0.05, 0) is 29.9 Å². The van der Waals surface area contributed by atoms with Gasteiger partial charge in [-0.2, -0.15) is 0 Å². The number of halogens is 1. The van der Waals surface area contributed by atoms with E-state index in [0.29, 0.717) is 5.78 Å². The minimum Gasteiger partial charge on any atom is -0.294 e. The lowest BCUT2D eigenvalue weighted by atomic mass is 9.92. The Morgan fingerprint density at radius 2 is 2.18 bits per heavy atom. The zero-order valence-electron chi connectivity index (χ0n) is 6.56. The number of carbonyl (C=O) groups excluding carboxylic acids is 1. The van der Waals surface area contributed by atoms with E-state index >= 15 is 0 Å². The normalized spacial score (nSPS) is 20.0. The van der Waals surface area contributed by atoms with Gasteiger partial charge in [0.05, 0.1) is 0 Å². The maximum Gasteiger partial charge on any atom is 0.162 e.